The van der Waals surface area contributed by atoms with Gasteiger partial charge in [0, 0.05) is 12.5 Å². The Labute approximate surface area is 60.7 Å². The molecule has 1 aliphatic carbocycles. The van der Waals surface area contributed by atoms with Crippen molar-refractivity contribution < 1.29 is 4.39 Å². The first kappa shape index (κ1) is 7.45. The number of halogens is 1. The average molecular weight is 141 g/mol. The lowest BCUT2D eigenvalue weighted by Crippen LogP contribution is -2.01. The molecule has 0 saturated heterocycles. The van der Waals surface area contributed by atoms with Gasteiger partial charge in [0.05, 0.1) is 5.71 Å². The minimum Gasteiger partial charge on any atom is -0.287 e. The van der Waals surface area contributed by atoms with E-state index in [4.69, 9.17) is 0 Å². The molecule has 0 heterocycles. The van der Waals surface area contributed by atoms with Crippen molar-refractivity contribution >= 4 is 5.71 Å². The van der Waals surface area contributed by atoms with Crippen LogP contribution in [0.2, 0.25) is 0 Å². The van der Waals surface area contributed by atoms with Gasteiger partial charge in [-0.2, -0.15) is 0 Å². The Hall–Kier alpha value is -0.660. The fraction of sp³-hybridized carbons (Fsp3) is 0.625. The average Bonchev–Trinajstić information content (AvgIpc) is 2.63. The molecule has 0 bridgehead atoms. The summed E-state index contributed by atoms with van der Waals surface area (Å²) in [7, 11) is 0. The number of aliphatic imine (C=N–C) groups is 1. The lowest BCUT2D eigenvalue weighted by Gasteiger charge is -1.97. The van der Waals surface area contributed by atoms with Gasteiger partial charge in [0.25, 0.3) is 0 Å². The molecule has 0 radical (unpaired) electrons. The number of allylic oxidation sites excluding steroid dienone is 1. The monoisotopic (exact) mass is 141 g/mol. The van der Waals surface area contributed by atoms with Crippen LogP contribution in [0.5, 0.6) is 0 Å². The molecule has 0 aromatic rings. The second-order valence-electron chi connectivity index (χ2n) is 2.54. The van der Waals surface area contributed by atoms with Crippen LogP contribution < -0.4 is 0 Å². The molecule has 0 spiro atoms. The van der Waals surface area contributed by atoms with Crippen molar-refractivity contribution in [1.29, 1.82) is 0 Å². The zero-order valence-electron chi connectivity index (χ0n) is 6.23. The van der Waals surface area contributed by atoms with E-state index in [-0.39, 0.29) is 5.83 Å². The summed E-state index contributed by atoms with van der Waals surface area (Å²) in [5.74, 6) is 0.0433. The van der Waals surface area contributed by atoms with Gasteiger partial charge in [0.1, 0.15) is 5.83 Å². The van der Waals surface area contributed by atoms with Gasteiger partial charge in [-0.25, -0.2) is 4.39 Å². The van der Waals surface area contributed by atoms with E-state index in [0.717, 1.165) is 12.8 Å². The predicted molar refractivity (Wildman–Crippen MR) is 40.9 cm³/mol. The maximum absolute atomic E-state index is 12.5. The van der Waals surface area contributed by atoms with Crippen LogP contribution in [0.3, 0.4) is 0 Å². The van der Waals surface area contributed by atoms with Gasteiger partial charge in [-0.05, 0) is 19.8 Å². The first-order chi connectivity index (χ1) is 4.75. The minimum absolute atomic E-state index is 0.343. The molecule has 0 atom stereocenters. The van der Waals surface area contributed by atoms with Crippen molar-refractivity contribution in [2.45, 2.75) is 19.8 Å². The van der Waals surface area contributed by atoms with Crippen molar-refractivity contribution in [2.24, 2.45) is 10.9 Å². The van der Waals surface area contributed by atoms with Crippen molar-refractivity contribution in [1.82, 2.24) is 0 Å². The number of hydrogen-bond donors (Lipinski definition) is 0. The second-order valence-corrected chi connectivity index (χ2v) is 2.54. The fourth-order valence-electron chi connectivity index (χ4n) is 0.963. The van der Waals surface area contributed by atoms with Crippen LogP contribution in [-0.4, -0.2) is 12.3 Å². The molecule has 2 heteroatoms. The summed E-state index contributed by atoms with van der Waals surface area (Å²) in [6, 6.07) is 0. The minimum atomic E-state index is -0.343. The molecule has 1 saturated carbocycles. The Morgan fingerprint density at radius 2 is 2.30 bits per heavy atom. The molecule has 1 fully saturated rings. The molecule has 1 rings (SSSR count). The maximum Gasteiger partial charge on any atom is 0.137 e. The summed E-state index contributed by atoms with van der Waals surface area (Å²) < 4.78 is 12.5. The highest BCUT2D eigenvalue weighted by atomic mass is 19.1. The highest BCUT2D eigenvalue weighted by Crippen LogP contribution is 2.33. The van der Waals surface area contributed by atoms with E-state index in [1.807, 2.05) is 6.92 Å². The highest BCUT2D eigenvalue weighted by Gasteiger charge is 2.28. The molecule has 56 valence electrons. The Bertz CT molecular complexity index is 168. The topological polar surface area (TPSA) is 12.4 Å². The van der Waals surface area contributed by atoms with E-state index in [1.165, 1.54) is 0 Å². The van der Waals surface area contributed by atoms with E-state index in [1.54, 1.807) is 0 Å². The molecular formula is C8H12FN. The first-order valence-corrected chi connectivity index (χ1v) is 3.64. The van der Waals surface area contributed by atoms with E-state index < -0.39 is 0 Å². The molecular weight excluding hydrogens is 129 g/mol. The molecule has 0 aromatic heterocycles. The molecule has 0 unspecified atom stereocenters. The van der Waals surface area contributed by atoms with Crippen LogP contribution >= 0.6 is 0 Å². The summed E-state index contributed by atoms with van der Waals surface area (Å²) in [4.78, 5) is 4.03. The van der Waals surface area contributed by atoms with Gasteiger partial charge in [-0.1, -0.05) is 6.58 Å². The van der Waals surface area contributed by atoms with Gasteiger partial charge >= 0.3 is 0 Å². The summed E-state index contributed by atoms with van der Waals surface area (Å²) in [6.45, 7) is 5.81. The van der Waals surface area contributed by atoms with E-state index in [9.17, 15) is 4.39 Å². The van der Waals surface area contributed by atoms with Crippen molar-refractivity contribution in [2.75, 3.05) is 6.54 Å². The van der Waals surface area contributed by atoms with Crippen molar-refractivity contribution in [3.05, 3.63) is 12.4 Å². The molecule has 0 aliphatic heterocycles. The van der Waals surface area contributed by atoms with Crippen LogP contribution in [-0.2, 0) is 0 Å². The van der Waals surface area contributed by atoms with Gasteiger partial charge in [-0.15, -0.1) is 0 Å². The Morgan fingerprint density at radius 1 is 1.70 bits per heavy atom. The van der Waals surface area contributed by atoms with Crippen LogP contribution in [0, 0.1) is 5.92 Å². The van der Waals surface area contributed by atoms with E-state index in [2.05, 4.69) is 11.6 Å². The number of hydrogen-bond acceptors (Lipinski definition) is 1. The van der Waals surface area contributed by atoms with Gasteiger partial charge < -0.3 is 0 Å². The Kier molecular flexibility index (Phi) is 2.20. The summed E-state index contributed by atoms with van der Waals surface area (Å²) >= 11 is 0. The second kappa shape index (κ2) is 2.95. The lowest BCUT2D eigenvalue weighted by molar-refractivity contribution is 0.677. The zero-order valence-corrected chi connectivity index (χ0v) is 6.23. The molecule has 0 aromatic carbocycles. The van der Waals surface area contributed by atoms with Crippen LogP contribution in [0.1, 0.15) is 19.8 Å². The third kappa shape index (κ3) is 1.66. The van der Waals surface area contributed by atoms with E-state index >= 15 is 0 Å². The molecule has 0 amide bonds. The predicted octanol–water partition coefficient (Wildman–Crippen LogP) is 2.34. The quantitative estimate of drug-likeness (QED) is 0.535. The van der Waals surface area contributed by atoms with Crippen molar-refractivity contribution in [3.63, 3.8) is 0 Å². The third-order valence-electron chi connectivity index (χ3n) is 1.57. The summed E-state index contributed by atoms with van der Waals surface area (Å²) in [5, 5.41) is 0. The smallest absolute Gasteiger partial charge is 0.137 e. The summed E-state index contributed by atoms with van der Waals surface area (Å²) in [6.07, 6.45) is 2.17. The number of nitrogens with zero attached hydrogens (tertiary/aromatic N) is 1. The molecule has 1 aliphatic rings. The zero-order chi connectivity index (χ0) is 7.56. The van der Waals surface area contributed by atoms with Gasteiger partial charge in [0.15, 0.2) is 0 Å². The normalized spacial score (nSPS) is 19.2. The van der Waals surface area contributed by atoms with Gasteiger partial charge in [-0.3, -0.25) is 4.99 Å². The SMILES string of the molecule is C=C(F)C(=NCC)C1CC1. The Balaban J connectivity index is 2.58. The van der Waals surface area contributed by atoms with Crippen molar-refractivity contribution in [3.8, 4) is 0 Å². The molecule has 1 nitrogen and oxygen atoms in total. The molecule has 0 N–H and O–H groups in total. The van der Waals surface area contributed by atoms with Crippen LogP contribution in [0.25, 0.3) is 0 Å². The fourth-order valence-corrected chi connectivity index (χ4v) is 0.963. The Morgan fingerprint density at radius 3 is 2.60 bits per heavy atom. The van der Waals surface area contributed by atoms with Crippen LogP contribution in [0.15, 0.2) is 17.4 Å². The largest absolute Gasteiger partial charge is 0.287 e. The van der Waals surface area contributed by atoms with Gasteiger partial charge in [0.2, 0.25) is 0 Å². The summed E-state index contributed by atoms with van der Waals surface area (Å²) in [5.41, 5.74) is 0.600. The maximum atomic E-state index is 12.5. The van der Waals surface area contributed by atoms with E-state index in [0.29, 0.717) is 18.2 Å². The lowest BCUT2D eigenvalue weighted by atomic mass is 10.2. The highest BCUT2D eigenvalue weighted by molar-refractivity contribution is 6.00. The standard InChI is InChI=1S/C8H12FN/c1-3-10-8(6(2)9)7-4-5-7/h7H,2-5H2,1H3. The molecule has 10 heavy (non-hydrogen) atoms. The first-order valence-electron chi connectivity index (χ1n) is 3.64. The van der Waals surface area contributed by atoms with Crippen LogP contribution in [0.4, 0.5) is 4.39 Å². The number of rotatable bonds is 3. The third-order valence-corrected chi connectivity index (χ3v) is 1.57.